The van der Waals surface area contributed by atoms with Gasteiger partial charge in [0.2, 0.25) is 0 Å². The molecule has 0 aromatic heterocycles. The standard InChI is InChI=1S/C23H20O2/c24-15-6-16-25-22-14-13-18-8-2-4-11-20(18)23(22)21-12-5-9-17-7-1-3-10-19(17)21/h1-5,7-14,24H,6,15-16H2. The summed E-state index contributed by atoms with van der Waals surface area (Å²) >= 11 is 0. The monoisotopic (exact) mass is 328 g/mol. The fourth-order valence-electron chi connectivity index (χ4n) is 3.34. The van der Waals surface area contributed by atoms with E-state index in [-0.39, 0.29) is 6.61 Å². The molecule has 2 nitrogen and oxygen atoms in total. The Morgan fingerprint density at radius 1 is 0.680 bits per heavy atom. The molecule has 4 aromatic rings. The number of benzene rings is 4. The van der Waals surface area contributed by atoms with Gasteiger partial charge in [0.05, 0.1) is 6.61 Å². The van der Waals surface area contributed by atoms with E-state index in [1.807, 2.05) is 6.07 Å². The molecule has 0 spiro atoms. The summed E-state index contributed by atoms with van der Waals surface area (Å²) in [6, 6.07) is 27.3. The van der Waals surface area contributed by atoms with Crippen LogP contribution in [0, 0.1) is 0 Å². The summed E-state index contributed by atoms with van der Waals surface area (Å²) in [5.74, 6) is 0.864. The zero-order chi connectivity index (χ0) is 17.1. The predicted molar refractivity (Wildman–Crippen MR) is 104 cm³/mol. The number of ether oxygens (including phenoxy) is 1. The molecule has 0 aliphatic heterocycles. The van der Waals surface area contributed by atoms with Crippen LogP contribution in [0.25, 0.3) is 32.7 Å². The van der Waals surface area contributed by atoms with Gasteiger partial charge in [-0.3, -0.25) is 0 Å². The van der Waals surface area contributed by atoms with Gasteiger partial charge in [0, 0.05) is 18.6 Å². The fraction of sp³-hybridized carbons (Fsp3) is 0.130. The summed E-state index contributed by atoms with van der Waals surface area (Å²) in [5.41, 5.74) is 2.29. The van der Waals surface area contributed by atoms with Gasteiger partial charge in [-0.1, -0.05) is 72.8 Å². The van der Waals surface area contributed by atoms with Crippen molar-refractivity contribution in [2.45, 2.75) is 6.42 Å². The molecule has 2 heteroatoms. The molecule has 0 amide bonds. The third kappa shape index (κ3) is 2.97. The van der Waals surface area contributed by atoms with Crippen molar-refractivity contribution in [1.29, 1.82) is 0 Å². The van der Waals surface area contributed by atoms with Gasteiger partial charge >= 0.3 is 0 Å². The Kier molecular flexibility index (Phi) is 4.36. The van der Waals surface area contributed by atoms with E-state index in [0.717, 1.165) is 11.3 Å². The van der Waals surface area contributed by atoms with Crippen LogP contribution in [0.15, 0.2) is 78.9 Å². The van der Waals surface area contributed by atoms with Crippen molar-refractivity contribution in [3.05, 3.63) is 78.9 Å². The van der Waals surface area contributed by atoms with Crippen LogP contribution in [0.5, 0.6) is 5.75 Å². The first-order valence-electron chi connectivity index (χ1n) is 8.62. The minimum Gasteiger partial charge on any atom is -0.493 e. The second-order valence-electron chi connectivity index (χ2n) is 6.11. The zero-order valence-corrected chi connectivity index (χ0v) is 14.0. The maximum Gasteiger partial charge on any atom is 0.127 e. The van der Waals surface area contributed by atoms with Crippen molar-refractivity contribution >= 4 is 21.5 Å². The van der Waals surface area contributed by atoms with Crippen molar-refractivity contribution < 1.29 is 9.84 Å². The molecule has 0 bridgehead atoms. The zero-order valence-electron chi connectivity index (χ0n) is 14.0. The quantitative estimate of drug-likeness (QED) is 0.496. The third-order valence-electron chi connectivity index (χ3n) is 4.51. The fourth-order valence-corrected chi connectivity index (χ4v) is 3.34. The Morgan fingerprint density at radius 2 is 1.36 bits per heavy atom. The summed E-state index contributed by atoms with van der Waals surface area (Å²) in [6.45, 7) is 0.643. The maximum atomic E-state index is 9.06. The van der Waals surface area contributed by atoms with Crippen LogP contribution in [0.4, 0.5) is 0 Å². The molecule has 0 atom stereocenters. The van der Waals surface area contributed by atoms with Gasteiger partial charge in [-0.15, -0.1) is 0 Å². The van der Waals surface area contributed by atoms with Crippen molar-refractivity contribution in [2.24, 2.45) is 0 Å². The first-order valence-corrected chi connectivity index (χ1v) is 8.62. The van der Waals surface area contributed by atoms with Crippen molar-refractivity contribution in [3.8, 4) is 16.9 Å². The van der Waals surface area contributed by atoms with Gasteiger partial charge in [0.25, 0.3) is 0 Å². The van der Waals surface area contributed by atoms with Crippen molar-refractivity contribution in [2.75, 3.05) is 13.2 Å². The highest BCUT2D eigenvalue weighted by atomic mass is 16.5. The normalized spacial score (nSPS) is 11.1. The molecule has 0 saturated heterocycles. The molecule has 0 aliphatic carbocycles. The first-order chi connectivity index (χ1) is 12.4. The van der Waals surface area contributed by atoms with E-state index in [2.05, 4.69) is 72.8 Å². The Balaban J connectivity index is 1.98. The van der Waals surface area contributed by atoms with E-state index in [0.29, 0.717) is 13.0 Å². The molecular formula is C23H20O2. The number of aliphatic hydroxyl groups is 1. The predicted octanol–water partition coefficient (Wildman–Crippen LogP) is 5.42. The van der Waals surface area contributed by atoms with E-state index < -0.39 is 0 Å². The summed E-state index contributed by atoms with van der Waals surface area (Å²) in [7, 11) is 0. The average Bonchev–Trinajstić information content (AvgIpc) is 2.67. The lowest BCUT2D eigenvalue weighted by Crippen LogP contribution is -2.01. The van der Waals surface area contributed by atoms with Crippen LogP contribution >= 0.6 is 0 Å². The van der Waals surface area contributed by atoms with E-state index in [1.165, 1.54) is 27.1 Å². The smallest absolute Gasteiger partial charge is 0.127 e. The lowest BCUT2D eigenvalue weighted by Gasteiger charge is -2.16. The highest BCUT2D eigenvalue weighted by molar-refractivity contribution is 6.07. The summed E-state index contributed by atoms with van der Waals surface area (Å²) < 4.78 is 6.03. The molecule has 25 heavy (non-hydrogen) atoms. The maximum absolute atomic E-state index is 9.06. The summed E-state index contributed by atoms with van der Waals surface area (Å²) in [5, 5.41) is 13.9. The van der Waals surface area contributed by atoms with E-state index in [1.54, 1.807) is 0 Å². The molecule has 4 rings (SSSR count). The minimum atomic E-state index is 0.136. The third-order valence-corrected chi connectivity index (χ3v) is 4.51. The highest BCUT2D eigenvalue weighted by Crippen LogP contribution is 2.40. The van der Waals surface area contributed by atoms with Gasteiger partial charge < -0.3 is 9.84 Å². The van der Waals surface area contributed by atoms with E-state index in [9.17, 15) is 0 Å². The summed E-state index contributed by atoms with van der Waals surface area (Å²) in [4.78, 5) is 0. The Bertz CT molecular complexity index is 1020. The molecule has 0 unspecified atom stereocenters. The molecule has 4 aromatic carbocycles. The molecule has 0 radical (unpaired) electrons. The second kappa shape index (κ2) is 6.96. The molecule has 0 heterocycles. The number of aliphatic hydroxyl groups excluding tert-OH is 1. The van der Waals surface area contributed by atoms with E-state index in [4.69, 9.17) is 9.84 Å². The topological polar surface area (TPSA) is 29.5 Å². The SMILES string of the molecule is OCCCOc1ccc2ccccc2c1-c1cccc2ccccc12. The molecule has 1 N–H and O–H groups in total. The van der Waals surface area contributed by atoms with Gasteiger partial charge in [0.15, 0.2) is 0 Å². The minimum absolute atomic E-state index is 0.136. The van der Waals surface area contributed by atoms with Gasteiger partial charge in [-0.25, -0.2) is 0 Å². The van der Waals surface area contributed by atoms with Crippen molar-refractivity contribution in [3.63, 3.8) is 0 Å². The van der Waals surface area contributed by atoms with Crippen LogP contribution in [0.2, 0.25) is 0 Å². The number of hydrogen-bond donors (Lipinski definition) is 1. The molecule has 124 valence electrons. The van der Waals surface area contributed by atoms with Gasteiger partial charge in [0.1, 0.15) is 5.75 Å². The molecule has 0 fully saturated rings. The Morgan fingerprint density at radius 3 is 2.16 bits per heavy atom. The van der Waals surface area contributed by atoms with Crippen LogP contribution in [-0.2, 0) is 0 Å². The molecular weight excluding hydrogens is 308 g/mol. The van der Waals surface area contributed by atoms with Crippen LogP contribution in [0.1, 0.15) is 6.42 Å². The number of hydrogen-bond acceptors (Lipinski definition) is 2. The number of rotatable bonds is 5. The van der Waals surface area contributed by atoms with Crippen LogP contribution in [-0.4, -0.2) is 18.3 Å². The van der Waals surface area contributed by atoms with Crippen molar-refractivity contribution in [1.82, 2.24) is 0 Å². The Hall–Kier alpha value is -2.84. The number of fused-ring (bicyclic) bond motifs is 2. The molecule has 0 aliphatic rings. The van der Waals surface area contributed by atoms with Gasteiger partial charge in [-0.2, -0.15) is 0 Å². The largest absolute Gasteiger partial charge is 0.493 e. The van der Waals surface area contributed by atoms with E-state index >= 15 is 0 Å². The molecule has 0 saturated carbocycles. The average molecular weight is 328 g/mol. The highest BCUT2D eigenvalue weighted by Gasteiger charge is 2.13. The summed E-state index contributed by atoms with van der Waals surface area (Å²) in [6.07, 6.45) is 0.627. The second-order valence-corrected chi connectivity index (χ2v) is 6.11. The lowest BCUT2D eigenvalue weighted by atomic mass is 9.93. The lowest BCUT2D eigenvalue weighted by molar-refractivity contribution is 0.234. The van der Waals surface area contributed by atoms with Gasteiger partial charge in [-0.05, 0) is 33.2 Å². The first kappa shape index (κ1) is 15.7. The van der Waals surface area contributed by atoms with Crippen LogP contribution < -0.4 is 4.74 Å². The Labute approximate surface area is 147 Å². The van der Waals surface area contributed by atoms with Crippen LogP contribution in [0.3, 0.4) is 0 Å².